The molecule has 0 atom stereocenters. The zero-order chi connectivity index (χ0) is 14.5. The molecule has 4 heteroatoms. The van der Waals surface area contributed by atoms with Crippen LogP contribution in [0.15, 0.2) is 30.3 Å². The zero-order valence-electron chi connectivity index (χ0n) is 12.4. The van der Waals surface area contributed by atoms with Gasteiger partial charge in [0.1, 0.15) is 17.5 Å². The van der Waals surface area contributed by atoms with E-state index < -0.39 is 0 Å². The molecule has 106 valence electrons. The van der Waals surface area contributed by atoms with Gasteiger partial charge in [0.25, 0.3) is 0 Å². The SMILES string of the molecule is CCc1nc(N)c(C)c(N(CC)Cc2ccccc2)n1. The maximum Gasteiger partial charge on any atom is 0.137 e. The average Bonchev–Trinajstić information content (AvgIpc) is 2.48. The Morgan fingerprint density at radius 3 is 2.40 bits per heavy atom. The summed E-state index contributed by atoms with van der Waals surface area (Å²) in [7, 11) is 0. The normalized spacial score (nSPS) is 10.6. The van der Waals surface area contributed by atoms with Gasteiger partial charge in [-0.05, 0) is 19.4 Å². The van der Waals surface area contributed by atoms with Gasteiger partial charge in [-0.15, -0.1) is 0 Å². The Balaban J connectivity index is 2.34. The van der Waals surface area contributed by atoms with Gasteiger partial charge in [-0.2, -0.15) is 0 Å². The fourth-order valence-electron chi connectivity index (χ4n) is 2.17. The van der Waals surface area contributed by atoms with E-state index in [9.17, 15) is 0 Å². The first-order valence-electron chi connectivity index (χ1n) is 7.07. The smallest absolute Gasteiger partial charge is 0.137 e. The lowest BCUT2D eigenvalue weighted by Gasteiger charge is -2.24. The predicted molar refractivity (Wildman–Crippen MR) is 83.7 cm³/mol. The molecule has 0 amide bonds. The number of anilines is 2. The molecule has 0 saturated carbocycles. The van der Waals surface area contributed by atoms with Gasteiger partial charge < -0.3 is 10.6 Å². The van der Waals surface area contributed by atoms with Crippen molar-refractivity contribution >= 4 is 11.6 Å². The molecule has 0 aliphatic carbocycles. The quantitative estimate of drug-likeness (QED) is 0.907. The van der Waals surface area contributed by atoms with E-state index in [0.717, 1.165) is 36.7 Å². The molecule has 20 heavy (non-hydrogen) atoms. The van der Waals surface area contributed by atoms with E-state index >= 15 is 0 Å². The number of nitrogen functional groups attached to an aromatic ring is 1. The molecular weight excluding hydrogens is 248 g/mol. The fraction of sp³-hybridized carbons (Fsp3) is 0.375. The van der Waals surface area contributed by atoms with Gasteiger partial charge in [-0.25, -0.2) is 9.97 Å². The van der Waals surface area contributed by atoms with Crippen LogP contribution in [0.25, 0.3) is 0 Å². The van der Waals surface area contributed by atoms with Crippen LogP contribution < -0.4 is 10.6 Å². The average molecular weight is 270 g/mol. The molecular formula is C16H22N4. The third kappa shape index (κ3) is 3.07. The summed E-state index contributed by atoms with van der Waals surface area (Å²) in [6, 6.07) is 10.4. The highest BCUT2D eigenvalue weighted by Gasteiger charge is 2.14. The third-order valence-electron chi connectivity index (χ3n) is 3.42. The topological polar surface area (TPSA) is 55.0 Å². The van der Waals surface area contributed by atoms with Crippen molar-refractivity contribution in [2.24, 2.45) is 0 Å². The number of hydrogen-bond donors (Lipinski definition) is 1. The van der Waals surface area contributed by atoms with Crippen LogP contribution in [-0.4, -0.2) is 16.5 Å². The van der Waals surface area contributed by atoms with Crippen molar-refractivity contribution in [3.8, 4) is 0 Å². The molecule has 0 saturated heterocycles. The first kappa shape index (κ1) is 14.3. The summed E-state index contributed by atoms with van der Waals surface area (Å²) in [5, 5.41) is 0. The highest BCUT2D eigenvalue weighted by molar-refractivity contribution is 5.56. The monoisotopic (exact) mass is 270 g/mol. The molecule has 0 aliphatic heterocycles. The van der Waals surface area contributed by atoms with E-state index in [1.807, 2.05) is 19.9 Å². The summed E-state index contributed by atoms with van der Waals surface area (Å²) < 4.78 is 0. The van der Waals surface area contributed by atoms with Crippen molar-refractivity contribution in [3.63, 3.8) is 0 Å². The van der Waals surface area contributed by atoms with Crippen LogP contribution in [0.5, 0.6) is 0 Å². The van der Waals surface area contributed by atoms with Crippen LogP contribution >= 0.6 is 0 Å². The molecule has 1 aromatic carbocycles. The van der Waals surface area contributed by atoms with Crippen molar-refractivity contribution in [2.45, 2.75) is 33.7 Å². The Morgan fingerprint density at radius 2 is 1.80 bits per heavy atom. The molecule has 0 aliphatic rings. The van der Waals surface area contributed by atoms with Crippen LogP contribution in [0.4, 0.5) is 11.6 Å². The van der Waals surface area contributed by atoms with Gasteiger partial charge in [0.15, 0.2) is 0 Å². The van der Waals surface area contributed by atoms with Gasteiger partial charge >= 0.3 is 0 Å². The maximum absolute atomic E-state index is 6.01. The van der Waals surface area contributed by atoms with E-state index in [1.165, 1.54) is 5.56 Å². The molecule has 0 fully saturated rings. The Hall–Kier alpha value is -2.10. The summed E-state index contributed by atoms with van der Waals surface area (Å²) in [6.45, 7) is 7.87. The van der Waals surface area contributed by atoms with Crippen LogP contribution in [0.1, 0.15) is 30.8 Å². The zero-order valence-corrected chi connectivity index (χ0v) is 12.4. The summed E-state index contributed by atoms with van der Waals surface area (Å²) in [5.74, 6) is 2.33. The van der Waals surface area contributed by atoms with E-state index in [2.05, 4.69) is 46.1 Å². The Bertz CT molecular complexity index is 566. The second-order valence-corrected chi connectivity index (χ2v) is 4.83. The molecule has 0 unspecified atom stereocenters. The van der Waals surface area contributed by atoms with Crippen molar-refractivity contribution in [3.05, 3.63) is 47.3 Å². The van der Waals surface area contributed by atoms with Gasteiger partial charge in [0.05, 0.1) is 0 Å². The largest absolute Gasteiger partial charge is 0.383 e. The summed E-state index contributed by atoms with van der Waals surface area (Å²) in [5.41, 5.74) is 8.23. The van der Waals surface area contributed by atoms with Crippen molar-refractivity contribution in [1.82, 2.24) is 9.97 Å². The first-order valence-corrected chi connectivity index (χ1v) is 7.07. The molecule has 1 aromatic heterocycles. The molecule has 0 radical (unpaired) electrons. The number of hydrogen-bond acceptors (Lipinski definition) is 4. The lowest BCUT2D eigenvalue weighted by Crippen LogP contribution is -2.25. The third-order valence-corrected chi connectivity index (χ3v) is 3.42. The van der Waals surface area contributed by atoms with E-state index in [0.29, 0.717) is 5.82 Å². The Kier molecular flexibility index (Phi) is 4.56. The Labute approximate surface area is 120 Å². The molecule has 0 bridgehead atoms. The lowest BCUT2D eigenvalue weighted by molar-refractivity contribution is 0.792. The highest BCUT2D eigenvalue weighted by Crippen LogP contribution is 2.23. The number of benzene rings is 1. The van der Waals surface area contributed by atoms with Crippen molar-refractivity contribution in [2.75, 3.05) is 17.2 Å². The van der Waals surface area contributed by atoms with Gasteiger partial charge in [0, 0.05) is 25.1 Å². The van der Waals surface area contributed by atoms with Crippen LogP contribution in [0.3, 0.4) is 0 Å². The summed E-state index contributed by atoms with van der Waals surface area (Å²) in [4.78, 5) is 11.2. The molecule has 0 spiro atoms. The van der Waals surface area contributed by atoms with Crippen LogP contribution in [-0.2, 0) is 13.0 Å². The molecule has 1 heterocycles. The number of aromatic nitrogens is 2. The number of rotatable bonds is 5. The number of nitrogens with zero attached hydrogens (tertiary/aromatic N) is 3. The minimum Gasteiger partial charge on any atom is -0.383 e. The van der Waals surface area contributed by atoms with Gasteiger partial charge in [-0.3, -0.25) is 0 Å². The summed E-state index contributed by atoms with van der Waals surface area (Å²) >= 11 is 0. The second-order valence-electron chi connectivity index (χ2n) is 4.83. The van der Waals surface area contributed by atoms with E-state index in [4.69, 9.17) is 5.73 Å². The molecule has 2 rings (SSSR count). The van der Waals surface area contributed by atoms with E-state index in [1.54, 1.807) is 0 Å². The fourth-order valence-corrected chi connectivity index (χ4v) is 2.17. The van der Waals surface area contributed by atoms with Gasteiger partial charge in [-0.1, -0.05) is 37.3 Å². The predicted octanol–water partition coefficient (Wildman–Crippen LogP) is 2.96. The molecule has 4 nitrogen and oxygen atoms in total. The summed E-state index contributed by atoms with van der Waals surface area (Å²) in [6.07, 6.45) is 0.792. The van der Waals surface area contributed by atoms with Crippen LogP contribution in [0.2, 0.25) is 0 Å². The van der Waals surface area contributed by atoms with E-state index in [-0.39, 0.29) is 0 Å². The minimum absolute atomic E-state index is 0.582. The molecule has 2 N–H and O–H groups in total. The minimum atomic E-state index is 0.582. The van der Waals surface area contributed by atoms with Crippen molar-refractivity contribution in [1.29, 1.82) is 0 Å². The van der Waals surface area contributed by atoms with Gasteiger partial charge in [0.2, 0.25) is 0 Å². The second kappa shape index (κ2) is 6.37. The highest BCUT2D eigenvalue weighted by atomic mass is 15.2. The number of nitrogens with two attached hydrogens (primary N) is 1. The molecule has 2 aromatic rings. The first-order chi connectivity index (χ1) is 9.65. The van der Waals surface area contributed by atoms with Crippen LogP contribution in [0, 0.1) is 6.92 Å². The lowest BCUT2D eigenvalue weighted by atomic mass is 10.2. The maximum atomic E-state index is 6.01. The standard InChI is InChI=1S/C16H22N4/c1-4-14-18-15(17)12(3)16(19-14)20(5-2)11-13-9-7-6-8-10-13/h6-10H,4-5,11H2,1-3H3,(H2,17,18,19). The Morgan fingerprint density at radius 1 is 1.10 bits per heavy atom. The number of aryl methyl sites for hydroxylation is 1. The van der Waals surface area contributed by atoms with Crippen molar-refractivity contribution < 1.29 is 0 Å².